The summed E-state index contributed by atoms with van der Waals surface area (Å²) < 4.78 is 0. The summed E-state index contributed by atoms with van der Waals surface area (Å²) in [5, 5.41) is 16.6. The summed E-state index contributed by atoms with van der Waals surface area (Å²) in [5.74, 6) is -0.833. The first-order chi connectivity index (χ1) is 19.2. The number of phenolic OH excluding ortho intramolecular Hbond substituents is 1. The van der Waals surface area contributed by atoms with Crippen molar-refractivity contribution in [2.45, 2.75) is 38.1 Å². The molecule has 8 heteroatoms. The number of nitrogens with one attached hydrogen (secondary N) is 2. The number of nitrogens with zero attached hydrogens (tertiary/aromatic N) is 1. The molecule has 4 rings (SSSR count). The number of anilines is 3. The number of Topliss-reactive ketones (excluding diaryl/α,β-unsaturated/α-hetero) is 1. The molecule has 0 heterocycles. The molecule has 40 heavy (non-hydrogen) atoms. The molecule has 0 aliphatic rings. The number of benzene rings is 3. The number of hydrogen-bond acceptors (Lipinski definition) is 7. The summed E-state index contributed by atoms with van der Waals surface area (Å²) >= 11 is 0. The van der Waals surface area contributed by atoms with E-state index in [0.29, 0.717) is 6.42 Å². The van der Waals surface area contributed by atoms with E-state index in [2.05, 4.69) is 10.6 Å². The van der Waals surface area contributed by atoms with Crippen LogP contribution < -0.4 is 21.5 Å². The van der Waals surface area contributed by atoms with Crippen molar-refractivity contribution in [3.8, 4) is 5.75 Å². The Kier molecular flexibility index (Phi) is 8.79. The summed E-state index contributed by atoms with van der Waals surface area (Å²) in [6.45, 7) is 2.03. The van der Waals surface area contributed by atoms with E-state index in [0.717, 1.165) is 17.5 Å². The van der Waals surface area contributed by atoms with Gasteiger partial charge in [-0.2, -0.15) is 0 Å². The van der Waals surface area contributed by atoms with Crippen molar-refractivity contribution in [2.75, 3.05) is 24.7 Å². The van der Waals surface area contributed by atoms with Crippen LogP contribution in [0.3, 0.4) is 0 Å². The lowest BCUT2D eigenvalue weighted by molar-refractivity contribution is -0.120. The van der Waals surface area contributed by atoms with Gasteiger partial charge in [-0.3, -0.25) is 19.2 Å². The molecule has 0 spiro atoms. The van der Waals surface area contributed by atoms with Gasteiger partial charge >= 0.3 is 0 Å². The number of amides is 1. The van der Waals surface area contributed by atoms with Gasteiger partial charge in [-0.15, -0.1) is 0 Å². The molecule has 0 fully saturated rings. The zero-order valence-corrected chi connectivity index (χ0v) is 22.8. The molecule has 4 aromatic carbocycles. The second kappa shape index (κ2) is 12.4. The van der Waals surface area contributed by atoms with Crippen molar-refractivity contribution in [3.63, 3.8) is 0 Å². The average Bonchev–Trinajstić information content (AvgIpc) is 2.97. The second-order valence-corrected chi connectivity index (χ2v) is 10.0. The van der Waals surface area contributed by atoms with Crippen LogP contribution in [0.2, 0.25) is 0 Å². The molecule has 0 unspecified atom stereocenters. The molecular weight excluding hydrogens is 506 g/mol. The fourth-order valence-electron chi connectivity index (χ4n) is 4.72. The van der Waals surface area contributed by atoms with E-state index >= 15 is 0 Å². The predicted octanol–water partition coefficient (Wildman–Crippen LogP) is 4.61. The lowest BCUT2D eigenvalue weighted by Crippen LogP contribution is -2.42. The lowest BCUT2D eigenvalue weighted by Gasteiger charge is -2.24. The first-order valence-corrected chi connectivity index (χ1v) is 13.2. The van der Waals surface area contributed by atoms with Crippen LogP contribution in [0.4, 0.5) is 17.1 Å². The van der Waals surface area contributed by atoms with Crippen molar-refractivity contribution in [1.29, 1.82) is 0 Å². The monoisotopic (exact) mass is 539 g/mol. The summed E-state index contributed by atoms with van der Waals surface area (Å²) in [5.41, 5.74) is 0.524. The number of ketones is 1. The van der Waals surface area contributed by atoms with Crippen LogP contribution in [0.1, 0.15) is 47.2 Å². The van der Waals surface area contributed by atoms with Crippen LogP contribution in [0.5, 0.6) is 5.75 Å². The van der Waals surface area contributed by atoms with Gasteiger partial charge in [-0.05, 0) is 42.0 Å². The minimum Gasteiger partial charge on any atom is -0.505 e. The van der Waals surface area contributed by atoms with Gasteiger partial charge in [-0.25, -0.2) is 0 Å². The zero-order chi connectivity index (χ0) is 28.8. The lowest BCUT2D eigenvalue weighted by atomic mass is 9.88. The van der Waals surface area contributed by atoms with Crippen LogP contribution in [0, 0.1) is 0 Å². The molecule has 3 N–H and O–H groups in total. The third kappa shape index (κ3) is 6.12. The van der Waals surface area contributed by atoms with E-state index in [9.17, 15) is 24.3 Å². The molecule has 0 bridgehead atoms. The fraction of sp³-hybridized carbons (Fsp3) is 0.250. The molecule has 0 aliphatic carbocycles. The minimum absolute atomic E-state index is 0.00740. The van der Waals surface area contributed by atoms with E-state index in [1.54, 1.807) is 20.2 Å². The van der Waals surface area contributed by atoms with Crippen molar-refractivity contribution in [3.05, 3.63) is 116 Å². The molecule has 0 aromatic heterocycles. The van der Waals surface area contributed by atoms with Gasteiger partial charge in [-0.1, -0.05) is 73.7 Å². The maximum atomic E-state index is 13.7. The predicted molar refractivity (Wildman–Crippen MR) is 157 cm³/mol. The Morgan fingerprint density at radius 1 is 0.850 bits per heavy atom. The van der Waals surface area contributed by atoms with Crippen molar-refractivity contribution in [2.24, 2.45) is 0 Å². The van der Waals surface area contributed by atoms with Crippen LogP contribution >= 0.6 is 0 Å². The maximum Gasteiger partial charge on any atom is 0.257 e. The molecule has 4 aromatic rings. The Balaban J connectivity index is 1.62. The molecule has 0 radical (unpaired) electrons. The zero-order valence-electron chi connectivity index (χ0n) is 22.8. The number of hydrogen-bond donors (Lipinski definition) is 3. The molecule has 8 nitrogen and oxygen atoms in total. The van der Waals surface area contributed by atoms with Gasteiger partial charge < -0.3 is 20.6 Å². The highest BCUT2D eigenvalue weighted by molar-refractivity contribution is 5.99. The number of para-hydroxylation sites is 1. The Morgan fingerprint density at radius 2 is 1.48 bits per heavy atom. The summed E-state index contributed by atoms with van der Waals surface area (Å²) in [4.78, 5) is 52.7. The van der Waals surface area contributed by atoms with Crippen LogP contribution in [-0.2, 0) is 11.2 Å². The van der Waals surface area contributed by atoms with Gasteiger partial charge in [0.1, 0.15) is 11.4 Å². The minimum atomic E-state index is -0.770. The first kappa shape index (κ1) is 28.3. The Morgan fingerprint density at radius 3 is 2.10 bits per heavy atom. The number of carbonyl (C=O) groups is 2. The van der Waals surface area contributed by atoms with Gasteiger partial charge in [0, 0.05) is 20.5 Å². The quantitative estimate of drug-likeness (QED) is 0.178. The highest BCUT2D eigenvalue weighted by atomic mass is 16.3. The third-order valence-corrected chi connectivity index (χ3v) is 7.04. The first-order valence-electron chi connectivity index (χ1n) is 13.2. The van der Waals surface area contributed by atoms with E-state index in [1.807, 2.05) is 67.6 Å². The molecule has 0 aliphatic heterocycles. The van der Waals surface area contributed by atoms with Gasteiger partial charge in [0.2, 0.25) is 0 Å². The van der Waals surface area contributed by atoms with Crippen molar-refractivity contribution in [1.82, 2.24) is 4.90 Å². The Bertz CT molecular complexity index is 1560. The van der Waals surface area contributed by atoms with Gasteiger partial charge in [0.15, 0.2) is 11.5 Å². The molecule has 206 valence electrons. The van der Waals surface area contributed by atoms with Gasteiger partial charge in [0.05, 0.1) is 17.3 Å². The van der Waals surface area contributed by atoms with Crippen molar-refractivity contribution >= 4 is 28.8 Å². The topological polar surface area (TPSA) is 116 Å². The highest BCUT2D eigenvalue weighted by Gasteiger charge is 2.29. The summed E-state index contributed by atoms with van der Waals surface area (Å²) in [7, 11) is 3.12. The van der Waals surface area contributed by atoms with Gasteiger partial charge in [0.25, 0.3) is 16.8 Å². The van der Waals surface area contributed by atoms with Crippen LogP contribution in [0.15, 0.2) is 88.5 Å². The molecular formula is C32H33N3O5. The summed E-state index contributed by atoms with van der Waals surface area (Å²) in [6.07, 6.45) is 1.35. The van der Waals surface area contributed by atoms with Crippen molar-refractivity contribution < 1.29 is 14.7 Å². The largest absolute Gasteiger partial charge is 0.505 e. The molecule has 0 saturated heterocycles. The van der Waals surface area contributed by atoms with E-state index in [1.165, 1.54) is 17.0 Å². The number of rotatable bonds is 12. The number of aromatic hydroxyl groups is 1. The third-order valence-electron chi connectivity index (χ3n) is 7.04. The van der Waals surface area contributed by atoms with Crippen LogP contribution in [-0.4, -0.2) is 41.8 Å². The fourth-order valence-corrected chi connectivity index (χ4v) is 4.72. The smallest absolute Gasteiger partial charge is 0.257 e. The normalized spacial score (nSPS) is 12.5. The molecule has 2 atom stereocenters. The maximum absolute atomic E-state index is 13.7. The average molecular weight is 540 g/mol. The SMILES string of the molecule is CC[C@@H](CC(=O)[C@@H](Cc1ccccc1)Nc1c(Nc2cccc(C(=O)N(C)C)c2O)c(=O)c1=O)c1ccccc1. The highest BCUT2D eigenvalue weighted by Crippen LogP contribution is 2.32. The van der Waals surface area contributed by atoms with Crippen LogP contribution in [0.25, 0.3) is 0 Å². The number of phenols is 1. The standard InChI is InChI=1S/C32H33N3O5/c1-4-21(22-14-9-6-10-15-22)19-26(36)25(18-20-12-7-5-8-13-20)34-28-27(30(38)31(28)39)33-24-17-11-16-23(29(24)37)32(40)35(2)3/h5-17,21,25,33-34,37H,4,18-19H2,1-3H3/t21-,25+/m0/s1. The second-order valence-electron chi connectivity index (χ2n) is 10.0. The van der Waals surface area contributed by atoms with E-state index in [-0.39, 0.29) is 46.5 Å². The molecule has 1 amide bonds. The Labute approximate surface area is 233 Å². The Hall–Kier alpha value is -4.72. The summed E-state index contributed by atoms with van der Waals surface area (Å²) in [6, 6.07) is 23.0. The van der Waals surface area contributed by atoms with E-state index in [4.69, 9.17) is 0 Å². The number of carbonyl (C=O) groups excluding carboxylic acids is 2. The van der Waals surface area contributed by atoms with E-state index < -0.39 is 22.8 Å². The molecule has 0 saturated carbocycles.